The lowest BCUT2D eigenvalue weighted by Gasteiger charge is -2.38. The monoisotopic (exact) mass is 1510 g/mol. The molecular weight excluding hydrogens is 1410 g/mol. The van der Waals surface area contributed by atoms with E-state index >= 15 is 0 Å². The summed E-state index contributed by atoms with van der Waals surface area (Å²) in [5.74, 6) is 1.38. The average Bonchev–Trinajstić information content (AvgIpc) is 1.59. The lowest BCUT2D eigenvalue weighted by atomic mass is 10.1. The SMILES string of the molecule is CC(C)(C)[Si](C)(C)OOC[C@H]1O[C@@H](n2c(C3=CS/C(=C4\SC=C(c5nc6c(N)ncnc6n5[C@@H]5O[C@H](COO[Si](C)(C)C(C)(C)C)[C@@H](OO[Si](C)(C)C(C)(C)C)[C@H]5OO[Si](C)(C)C(C)(C)C)S4)S3)nc3c(N)ncnc32)[C@H](OO[Si](C)(C)C(C)(C)C)[C@@H]1OO[Si](C)(C)C(C)(C)C. The van der Waals surface area contributed by atoms with Crippen molar-refractivity contribution < 1.29 is 66.3 Å². The molecule has 0 saturated carbocycles. The van der Waals surface area contributed by atoms with E-state index in [1.165, 1.54) is 12.7 Å². The summed E-state index contributed by atoms with van der Waals surface area (Å²) in [5.41, 5.74) is 15.0. The molecule has 24 nitrogen and oxygen atoms in total. The summed E-state index contributed by atoms with van der Waals surface area (Å²) >= 11 is 6.22. The van der Waals surface area contributed by atoms with Crippen molar-refractivity contribution in [2.24, 2.45) is 0 Å². The van der Waals surface area contributed by atoms with E-state index in [0.717, 1.165) is 18.3 Å². The highest BCUT2D eigenvalue weighted by atomic mass is 32.2. The van der Waals surface area contributed by atoms with Gasteiger partial charge in [-0.25, -0.2) is 59.2 Å². The molecule has 2 saturated heterocycles. The van der Waals surface area contributed by atoms with Crippen molar-refractivity contribution in [1.29, 1.82) is 0 Å². The van der Waals surface area contributed by atoms with E-state index in [2.05, 4.69) is 224 Å². The fourth-order valence-corrected chi connectivity index (χ4v) is 16.5. The molecule has 8 rings (SSSR count). The van der Waals surface area contributed by atoms with Gasteiger partial charge in [0.25, 0.3) is 0 Å². The van der Waals surface area contributed by atoms with E-state index in [9.17, 15) is 0 Å². The number of fused-ring (bicyclic) bond motifs is 2. The van der Waals surface area contributed by atoms with Gasteiger partial charge in [0.1, 0.15) is 38.1 Å². The minimum atomic E-state index is -2.61. The molecule has 4 aliphatic heterocycles. The predicted octanol–water partition coefficient (Wildman–Crippen LogP) is 17.5. The molecule has 8 heterocycles. The van der Waals surface area contributed by atoms with Crippen molar-refractivity contribution in [3.05, 3.63) is 43.6 Å². The van der Waals surface area contributed by atoms with Gasteiger partial charge in [0.2, 0.25) is 49.9 Å². The van der Waals surface area contributed by atoms with E-state index < -0.39 is 99.0 Å². The molecule has 0 unspecified atom stereocenters. The van der Waals surface area contributed by atoms with Gasteiger partial charge in [-0.15, -0.1) is 0 Å². The number of imidazole rings is 2. The van der Waals surface area contributed by atoms with E-state index in [0.29, 0.717) is 34.0 Å². The third kappa shape index (κ3) is 17.0. The second-order valence-corrected chi connectivity index (χ2v) is 67.0. The summed E-state index contributed by atoms with van der Waals surface area (Å²) < 4.78 is 59.5. The van der Waals surface area contributed by atoms with E-state index in [4.69, 9.17) is 97.7 Å². The number of rotatable bonds is 24. The van der Waals surface area contributed by atoms with Crippen LogP contribution in [0.15, 0.2) is 31.9 Å². The lowest BCUT2D eigenvalue weighted by Crippen LogP contribution is -2.48. The van der Waals surface area contributed by atoms with Crippen LogP contribution in [0.3, 0.4) is 0 Å². The molecule has 4 N–H and O–H groups in total. The first-order valence-electron chi connectivity index (χ1n) is 32.8. The van der Waals surface area contributed by atoms with Gasteiger partial charge in [0.05, 0.1) is 18.3 Å². The van der Waals surface area contributed by atoms with E-state index in [1.54, 1.807) is 47.0 Å². The number of ether oxygens (including phenoxy) is 2. The fourth-order valence-electron chi connectivity index (χ4n) is 8.06. The average molecular weight is 1520 g/mol. The number of nitrogens with zero attached hydrogens (tertiary/aromatic N) is 8. The Morgan fingerprint density at radius 1 is 0.406 bits per heavy atom. The number of hydrogen-bond acceptors (Lipinski definition) is 26. The molecule has 0 amide bonds. The van der Waals surface area contributed by atoms with Crippen molar-refractivity contribution in [1.82, 2.24) is 39.0 Å². The normalized spacial score (nSPS) is 24.4. The molecule has 4 aromatic heterocycles. The van der Waals surface area contributed by atoms with Gasteiger partial charge in [0, 0.05) is 0 Å². The van der Waals surface area contributed by atoms with Crippen molar-refractivity contribution in [2.45, 2.75) is 283 Å². The van der Waals surface area contributed by atoms with Crippen LogP contribution in [0.1, 0.15) is 149 Å². The summed E-state index contributed by atoms with van der Waals surface area (Å²) in [6.07, 6.45) is -4.53. The van der Waals surface area contributed by atoms with Crippen LogP contribution in [-0.2, 0) is 66.3 Å². The lowest BCUT2D eigenvalue weighted by molar-refractivity contribution is -0.338. The fraction of sp³-hybridized carbons (Fsp3) is 0.742. The molecule has 8 atom stereocenters. The zero-order chi connectivity index (χ0) is 71.9. The molecule has 34 heteroatoms. The topological polar surface area (TPSA) is 268 Å². The van der Waals surface area contributed by atoms with Crippen LogP contribution in [-0.4, -0.2) is 139 Å². The van der Waals surface area contributed by atoms with Gasteiger partial charge >= 0.3 is 0 Å². The van der Waals surface area contributed by atoms with Gasteiger partial charge in [-0.05, 0) is 120 Å². The number of hydrogen-bond donors (Lipinski definition) is 2. The Morgan fingerprint density at radius 3 is 0.958 bits per heavy atom. The second-order valence-electron chi connectivity index (χ2n) is 34.5. The number of nitrogens with two attached hydrogens (primary N) is 2. The third-order valence-corrected chi connectivity index (χ3v) is 51.0. The Labute approximate surface area is 592 Å². The molecule has 0 spiro atoms. The Kier molecular flexibility index (Phi) is 23.8. The zero-order valence-corrected chi connectivity index (χ0v) is 71.7. The van der Waals surface area contributed by atoms with E-state index in [-0.39, 0.29) is 55.1 Å². The van der Waals surface area contributed by atoms with Crippen LogP contribution in [0.2, 0.25) is 109 Å². The van der Waals surface area contributed by atoms with Crippen molar-refractivity contribution in [3.63, 3.8) is 0 Å². The smallest absolute Gasteiger partial charge is 0.238 e. The van der Waals surface area contributed by atoms with Crippen LogP contribution in [0.25, 0.3) is 32.1 Å². The van der Waals surface area contributed by atoms with Crippen molar-refractivity contribution in [3.8, 4) is 0 Å². The predicted molar refractivity (Wildman–Crippen MR) is 402 cm³/mol. The first-order chi connectivity index (χ1) is 43.7. The highest BCUT2D eigenvalue weighted by Gasteiger charge is 2.57. The first-order valence-corrected chi connectivity index (χ1v) is 53.7. The van der Waals surface area contributed by atoms with Gasteiger partial charge in [-0.2, -0.15) is 0 Å². The van der Waals surface area contributed by atoms with Gasteiger partial charge in [-0.3, -0.25) is 36.6 Å². The van der Waals surface area contributed by atoms with Crippen LogP contribution < -0.4 is 11.5 Å². The molecule has 0 aromatic carbocycles. The Morgan fingerprint density at radius 2 is 0.677 bits per heavy atom. The van der Waals surface area contributed by atoms with Gasteiger partial charge in [-0.1, -0.05) is 172 Å². The molecule has 0 bridgehead atoms. The highest BCUT2D eigenvalue weighted by Crippen LogP contribution is 2.60. The maximum Gasteiger partial charge on any atom is 0.238 e. The summed E-state index contributed by atoms with van der Waals surface area (Å²) in [5, 5.41) is 2.98. The van der Waals surface area contributed by atoms with Crippen LogP contribution >= 0.6 is 47.0 Å². The maximum atomic E-state index is 7.21. The molecule has 2 fully saturated rings. The summed E-state index contributed by atoms with van der Waals surface area (Å²) in [6, 6.07) is 0. The summed E-state index contributed by atoms with van der Waals surface area (Å²) in [6.45, 7) is 64.3. The molecule has 0 radical (unpaired) electrons. The number of thioether (sulfide) groups is 4. The highest BCUT2D eigenvalue weighted by molar-refractivity contribution is 8.36. The largest absolute Gasteiger partial charge is 0.382 e. The number of anilines is 2. The van der Waals surface area contributed by atoms with Crippen LogP contribution in [0.5, 0.6) is 0 Å². The first kappa shape index (κ1) is 79.8. The molecule has 540 valence electrons. The molecule has 4 aliphatic rings. The maximum absolute atomic E-state index is 7.21. The van der Waals surface area contributed by atoms with Crippen molar-refractivity contribution >= 4 is 141 Å². The third-order valence-electron chi connectivity index (χ3n) is 21.0. The van der Waals surface area contributed by atoms with Gasteiger partial charge < -0.3 is 20.9 Å². The van der Waals surface area contributed by atoms with Crippen LogP contribution in [0, 0.1) is 0 Å². The zero-order valence-electron chi connectivity index (χ0n) is 62.4. The minimum absolute atomic E-state index is 0.0273. The Balaban J connectivity index is 1.19. The molecule has 0 aliphatic carbocycles. The van der Waals surface area contributed by atoms with Crippen LogP contribution in [0.4, 0.5) is 11.6 Å². The summed E-state index contributed by atoms with van der Waals surface area (Å²) in [4.78, 5) is 70.0. The standard InChI is InChI=1S/C62H110N10O14S4Si6/c1-57(2,3)91(19,20)81-73-31-37-43(77-83-93(23,24)59(7,8)9)45(79-85-95(27,28)61(13,14)15)53(75-37)71-49(69-41-47(63)65-35-67-51(41)71)39-33-87-55(89-39)56-88-34-40(90-56)50-70-42-48(64)66-36-68-52(42)72(50)54-46(80-86-96(29,30)62(16,17)18)44(78-84-94(25,26)60(10,11)12)38(76-54)32-74-82-92(21,22)58(4,5)6/h33-38,43-46,53-54H,31-32H2,1-30H3,(H2,63,65,67)(H2,64,66,68)/b56-55-/t37-,38-,43-,44-,45-,46-,53-,54-/m1/s1. The molecular formula is C62H110N10O14S4Si6. The van der Waals surface area contributed by atoms with E-state index in [1.807, 2.05) is 9.13 Å². The molecule has 96 heavy (non-hydrogen) atoms. The van der Waals surface area contributed by atoms with Crippen molar-refractivity contribution in [2.75, 3.05) is 24.7 Å². The quantitative estimate of drug-likeness (QED) is 0.0375. The number of aromatic nitrogens is 8. The molecule has 4 aromatic rings. The van der Waals surface area contributed by atoms with Gasteiger partial charge in [0.15, 0.2) is 82.5 Å². The Bertz CT molecular complexity index is 3310. The number of nitrogen functional groups attached to an aromatic ring is 2. The summed E-state index contributed by atoms with van der Waals surface area (Å²) in [7, 11) is -15.2. The second kappa shape index (κ2) is 28.6. The Hall–Kier alpha value is -1.94. The minimum Gasteiger partial charge on any atom is -0.382 e.